The maximum absolute atomic E-state index is 13.7. The van der Waals surface area contributed by atoms with Crippen LogP contribution in [0.5, 0.6) is 0 Å². The SMILES string of the molecule is CC(C)C1=CN=C(Cc2cccc(Cl)c2F)C1. The molecule has 1 aliphatic rings. The van der Waals surface area contributed by atoms with Gasteiger partial charge in [0, 0.05) is 24.8 Å². The first-order valence-electron chi connectivity index (χ1n) is 5.75. The summed E-state index contributed by atoms with van der Waals surface area (Å²) in [6.45, 7) is 4.29. The van der Waals surface area contributed by atoms with Crippen LogP contribution in [-0.4, -0.2) is 5.71 Å². The van der Waals surface area contributed by atoms with Crippen LogP contribution in [0.15, 0.2) is 35.0 Å². The van der Waals surface area contributed by atoms with Crippen molar-refractivity contribution in [2.75, 3.05) is 0 Å². The first-order chi connectivity index (χ1) is 8.08. The van der Waals surface area contributed by atoms with Crippen LogP contribution in [0, 0.1) is 11.7 Å². The number of hydrogen-bond donors (Lipinski definition) is 0. The summed E-state index contributed by atoms with van der Waals surface area (Å²) in [6, 6.07) is 5.10. The van der Waals surface area contributed by atoms with Crippen molar-refractivity contribution in [1.82, 2.24) is 0 Å². The Bertz CT molecular complexity index is 489. The van der Waals surface area contributed by atoms with Crippen molar-refractivity contribution in [3.05, 3.63) is 46.4 Å². The van der Waals surface area contributed by atoms with Crippen molar-refractivity contribution >= 4 is 17.3 Å². The Balaban J connectivity index is 2.07. The van der Waals surface area contributed by atoms with Crippen LogP contribution >= 0.6 is 11.6 Å². The van der Waals surface area contributed by atoms with Crippen molar-refractivity contribution in [2.45, 2.75) is 26.7 Å². The highest BCUT2D eigenvalue weighted by atomic mass is 35.5. The molecule has 0 aromatic heterocycles. The molecule has 0 fully saturated rings. The van der Waals surface area contributed by atoms with Gasteiger partial charge in [0.1, 0.15) is 5.82 Å². The normalized spacial score (nSPS) is 15.1. The predicted octanol–water partition coefficient (Wildman–Crippen LogP) is 4.41. The van der Waals surface area contributed by atoms with Gasteiger partial charge >= 0.3 is 0 Å². The monoisotopic (exact) mass is 251 g/mol. The second-order valence-electron chi connectivity index (χ2n) is 4.62. The van der Waals surface area contributed by atoms with Gasteiger partial charge < -0.3 is 0 Å². The summed E-state index contributed by atoms with van der Waals surface area (Å²) in [6.07, 6.45) is 3.30. The molecule has 1 heterocycles. The molecule has 0 atom stereocenters. The van der Waals surface area contributed by atoms with E-state index in [-0.39, 0.29) is 10.8 Å². The summed E-state index contributed by atoms with van der Waals surface area (Å²) in [4.78, 5) is 4.35. The fourth-order valence-electron chi connectivity index (χ4n) is 1.87. The third-order valence-corrected chi connectivity index (χ3v) is 3.28. The summed E-state index contributed by atoms with van der Waals surface area (Å²) < 4.78 is 13.7. The van der Waals surface area contributed by atoms with E-state index in [2.05, 4.69) is 18.8 Å². The molecule has 0 bridgehead atoms. The maximum Gasteiger partial charge on any atom is 0.145 e. The average molecular weight is 252 g/mol. The first-order valence-corrected chi connectivity index (χ1v) is 6.13. The third kappa shape index (κ3) is 2.75. The van der Waals surface area contributed by atoms with Crippen molar-refractivity contribution in [2.24, 2.45) is 10.9 Å². The molecule has 0 radical (unpaired) electrons. The molecule has 0 unspecified atom stereocenters. The van der Waals surface area contributed by atoms with Gasteiger partial charge in [0.15, 0.2) is 0 Å². The number of benzene rings is 1. The lowest BCUT2D eigenvalue weighted by atomic mass is 9.97. The van der Waals surface area contributed by atoms with Crippen LogP contribution in [0.1, 0.15) is 25.8 Å². The quantitative estimate of drug-likeness (QED) is 0.755. The van der Waals surface area contributed by atoms with Gasteiger partial charge in [-0.05, 0) is 23.1 Å². The summed E-state index contributed by atoms with van der Waals surface area (Å²) in [5.41, 5.74) is 2.94. The Morgan fingerprint density at radius 2 is 2.18 bits per heavy atom. The first kappa shape index (κ1) is 12.3. The topological polar surface area (TPSA) is 12.4 Å². The zero-order chi connectivity index (χ0) is 12.4. The lowest BCUT2D eigenvalue weighted by molar-refractivity contribution is 0.616. The minimum absolute atomic E-state index is 0.179. The summed E-state index contributed by atoms with van der Waals surface area (Å²) in [5.74, 6) is 0.176. The lowest BCUT2D eigenvalue weighted by Gasteiger charge is -2.07. The van der Waals surface area contributed by atoms with Gasteiger partial charge in [0.05, 0.1) is 5.02 Å². The second-order valence-corrected chi connectivity index (χ2v) is 5.03. The van der Waals surface area contributed by atoms with E-state index in [1.807, 2.05) is 6.20 Å². The Labute approximate surface area is 106 Å². The van der Waals surface area contributed by atoms with Gasteiger partial charge in [-0.3, -0.25) is 4.99 Å². The highest BCUT2D eigenvalue weighted by Gasteiger charge is 2.15. The van der Waals surface area contributed by atoms with Crippen molar-refractivity contribution < 1.29 is 4.39 Å². The molecule has 3 heteroatoms. The average Bonchev–Trinajstić information content (AvgIpc) is 2.73. The maximum atomic E-state index is 13.7. The Kier molecular flexibility index (Phi) is 3.63. The highest BCUT2D eigenvalue weighted by molar-refractivity contribution is 6.30. The van der Waals surface area contributed by atoms with Crippen LogP contribution in [-0.2, 0) is 6.42 Å². The van der Waals surface area contributed by atoms with Crippen LogP contribution < -0.4 is 0 Å². The van der Waals surface area contributed by atoms with Gasteiger partial charge in [-0.1, -0.05) is 37.6 Å². The zero-order valence-corrected chi connectivity index (χ0v) is 10.8. The fourth-order valence-corrected chi connectivity index (χ4v) is 2.06. The summed E-state index contributed by atoms with van der Waals surface area (Å²) in [7, 11) is 0. The van der Waals surface area contributed by atoms with Crippen LogP contribution in [0.4, 0.5) is 4.39 Å². The molecule has 90 valence electrons. The van der Waals surface area contributed by atoms with Gasteiger partial charge in [0.25, 0.3) is 0 Å². The molecule has 0 aliphatic carbocycles. The molecule has 2 rings (SSSR count). The van der Waals surface area contributed by atoms with E-state index in [1.54, 1.807) is 18.2 Å². The van der Waals surface area contributed by atoms with Gasteiger partial charge in [-0.2, -0.15) is 0 Å². The Hall–Kier alpha value is -1.15. The molecule has 17 heavy (non-hydrogen) atoms. The molecule has 0 saturated heterocycles. The lowest BCUT2D eigenvalue weighted by Crippen LogP contribution is -2.05. The Morgan fingerprint density at radius 3 is 2.82 bits per heavy atom. The second kappa shape index (κ2) is 5.01. The van der Waals surface area contributed by atoms with Crippen molar-refractivity contribution in [3.63, 3.8) is 0 Å². The van der Waals surface area contributed by atoms with Crippen molar-refractivity contribution in [1.29, 1.82) is 0 Å². The van der Waals surface area contributed by atoms with E-state index >= 15 is 0 Å². The smallest absolute Gasteiger partial charge is 0.145 e. The molecule has 1 aromatic carbocycles. The summed E-state index contributed by atoms with van der Waals surface area (Å²) >= 11 is 5.75. The standard InChI is InChI=1S/C14H15ClFN/c1-9(2)11-7-12(17-8-11)6-10-4-3-5-13(15)14(10)16/h3-5,8-9H,6-7H2,1-2H3. The van der Waals surface area contributed by atoms with Crippen LogP contribution in [0.3, 0.4) is 0 Å². The molecule has 0 spiro atoms. The number of allylic oxidation sites excluding steroid dienone is 1. The van der Waals surface area contributed by atoms with E-state index in [1.165, 1.54) is 5.57 Å². The number of rotatable bonds is 3. The number of halogens is 2. The summed E-state index contributed by atoms with van der Waals surface area (Å²) in [5, 5.41) is 0.179. The fraction of sp³-hybridized carbons (Fsp3) is 0.357. The minimum atomic E-state index is -0.324. The Morgan fingerprint density at radius 1 is 1.41 bits per heavy atom. The minimum Gasteiger partial charge on any atom is -0.265 e. The molecule has 1 aliphatic heterocycles. The third-order valence-electron chi connectivity index (χ3n) is 2.99. The molecule has 1 aromatic rings. The van der Waals surface area contributed by atoms with E-state index in [0.717, 1.165) is 12.1 Å². The van der Waals surface area contributed by atoms with E-state index in [4.69, 9.17) is 11.6 Å². The van der Waals surface area contributed by atoms with Gasteiger partial charge in [-0.15, -0.1) is 0 Å². The highest BCUT2D eigenvalue weighted by Crippen LogP contribution is 2.24. The number of hydrogen-bond acceptors (Lipinski definition) is 1. The molecule has 0 amide bonds. The van der Waals surface area contributed by atoms with Crippen LogP contribution in [0.2, 0.25) is 5.02 Å². The molecular weight excluding hydrogens is 237 g/mol. The van der Waals surface area contributed by atoms with Crippen molar-refractivity contribution in [3.8, 4) is 0 Å². The van der Waals surface area contributed by atoms with Gasteiger partial charge in [-0.25, -0.2) is 4.39 Å². The number of nitrogens with zero attached hydrogens (tertiary/aromatic N) is 1. The molecule has 0 saturated carbocycles. The predicted molar refractivity (Wildman–Crippen MR) is 70.1 cm³/mol. The van der Waals surface area contributed by atoms with E-state index in [9.17, 15) is 4.39 Å². The molecular formula is C14H15ClFN. The number of aliphatic imine (C=N–C) groups is 1. The molecule has 0 N–H and O–H groups in total. The largest absolute Gasteiger partial charge is 0.265 e. The van der Waals surface area contributed by atoms with Gasteiger partial charge in [0.2, 0.25) is 0 Å². The zero-order valence-electron chi connectivity index (χ0n) is 10.0. The van der Waals surface area contributed by atoms with E-state index in [0.29, 0.717) is 17.9 Å². The molecule has 1 nitrogen and oxygen atoms in total. The van der Waals surface area contributed by atoms with E-state index < -0.39 is 0 Å². The van der Waals surface area contributed by atoms with Crippen LogP contribution in [0.25, 0.3) is 0 Å².